The summed E-state index contributed by atoms with van der Waals surface area (Å²) in [6.45, 7) is -0.0380. The number of hydrogen-bond acceptors (Lipinski definition) is 4. The molecule has 2 aliphatic carbocycles. The topological polar surface area (TPSA) is 105 Å². The van der Waals surface area contributed by atoms with Gasteiger partial charge in [-0.25, -0.2) is 13.6 Å². The molecule has 3 N–H and O–H groups in total. The first-order valence-electron chi connectivity index (χ1n) is 11.2. The Morgan fingerprint density at radius 3 is 2.12 bits per heavy atom. The average molecular weight is 472 g/mol. The number of alkyl carbamates (subject to hydrolysis) is 1. The number of nitrogens with one attached hydrogen (secondary N) is 2. The molecule has 0 aromatic heterocycles. The smallest absolute Gasteiger partial charge is 0.407 e. The highest BCUT2D eigenvalue weighted by Crippen LogP contribution is 2.44. The number of alkyl halides is 2. The number of carboxylic acids is 1. The lowest BCUT2D eigenvalue weighted by atomic mass is 9.74. The number of amides is 2. The number of rotatable bonds is 9. The lowest BCUT2D eigenvalue weighted by Gasteiger charge is -2.41. The maximum Gasteiger partial charge on any atom is 0.407 e. The predicted molar refractivity (Wildman–Crippen MR) is 120 cm³/mol. The van der Waals surface area contributed by atoms with Gasteiger partial charge in [0.2, 0.25) is 5.91 Å². The molecule has 34 heavy (non-hydrogen) atoms. The van der Waals surface area contributed by atoms with E-state index in [0.29, 0.717) is 12.8 Å². The molecule has 2 amide bonds. The molecule has 1 atom stereocenters. The van der Waals surface area contributed by atoms with Crippen LogP contribution in [0.4, 0.5) is 13.6 Å². The minimum atomic E-state index is -3.00. The van der Waals surface area contributed by atoms with Crippen molar-refractivity contribution in [2.75, 3.05) is 6.61 Å². The maximum absolute atomic E-state index is 13.5. The number of fused-ring (bicyclic) bond motifs is 3. The van der Waals surface area contributed by atoms with E-state index in [4.69, 9.17) is 9.84 Å². The number of carboxylic acid groups (broad SMARTS) is 1. The molecule has 2 aromatic rings. The third-order valence-corrected chi connectivity index (χ3v) is 6.56. The van der Waals surface area contributed by atoms with Crippen molar-refractivity contribution in [3.63, 3.8) is 0 Å². The van der Waals surface area contributed by atoms with Crippen LogP contribution in [0.2, 0.25) is 0 Å². The molecule has 4 rings (SSSR count). The van der Waals surface area contributed by atoms with Crippen LogP contribution < -0.4 is 10.6 Å². The number of aliphatic carboxylic acids is 1. The number of halogens is 2. The van der Waals surface area contributed by atoms with Crippen molar-refractivity contribution in [1.82, 2.24) is 10.6 Å². The van der Waals surface area contributed by atoms with Gasteiger partial charge in [-0.05, 0) is 41.5 Å². The Morgan fingerprint density at radius 2 is 1.62 bits per heavy atom. The predicted octanol–water partition coefficient (Wildman–Crippen LogP) is 4.06. The Morgan fingerprint density at radius 1 is 1.03 bits per heavy atom. The van der Waals surface area contributed by atoms with Crippen LogP contribution in [0.3, 0.4) is 0 Å². The summed E-state index contributed by atoms with van der Waals surface area (Å²) in [6.07, 6.45) is -3.27. The molecule has 2 aliphatic rings. The highest BCUT2D eigenvalue weighted by Gasteiger charge is 2.41. The van der Waals surface area contributed by atoms with Crippen LogP contribution >= 0.6 is 0 Å². The van der Waals surface area contributed by atoms with E-state index in [-0.39, 0.29) is 18.9 Å². The van der Waals surface area contributed by atoms with E-state index < -0.39 is 42.4 Å². The van der Waals surface area contributed by atoms with Crippen molar-refractivity contribution in [1.29, 1.82) is 0 Å². The Kier molecular flexibility index (Phi) is 6.81. The molecule has 0 aliphatic heterocycles. The van der Waals surface area contributed by atoms with Crippen LogP contribution in [0.25, 0.3) is 11.1 Å². The zero-order chi connectivity index (χ0) is 24.3. The summed E-state index contributed by atoms with van der Waals surface area (Å²) >= 11 is 0. The van der Waals surface area contributed by atoms with Crippen LogP contribution in [-0.2, 0) is 14.3 Å². The van der Waals surface area contributed by atoms with Crippen LogP contribution in [0.5, 0.6) is 0 Å². The summed E-state index contributed by atoms with van der Waals surface area (Å²) in [5, 5.41) is 13.7. The second-order valence-electron chi connectivity index (χ2n) is 8.87. The van der Waals surface area contributed by atoms with Gasteiger partial charge < -0.3 is 20.5 Å². The minimum absolute atomic E-state index is 0.0380. The molecule has 9 heteroatoms. The SMILES string of the molecule is O=C(O)CC1(NC(=O)CC(NC(=O)OCC2c3ccccc3-c3ccccc32)C(F)F)CCC1. The number of carbonyl (C=O) groups is 3. The molecule has 0 bridgehead atoms. The van der Waals surface area contributed by atoms with Gasteiger partial charge in [0.05, 0.1) is 18.4 Å². The molecule has 0 heterocycles. The first kappa shape index (κ1) is 23.7. The molecule has 0 spiro atoms. The zero-order valence-corrected chi connectivity index (χ0v) is 18.4. The van der Waals surface area contributed by atoms with Gasteiger partial charge >= 0.3 is 12.1 Å². The van der Waals surface area contributed by atoms with Crippen molar-refractivity contribution in [3.05, 3.63) is 59.7 Å². The molecule has 7 nitrogen and oxygen atoms in total. The Hall–Kier alpha value is -3.49. The fraction of sp³-hybridized carbons (Fsp3) is 0.400. The first-order chi connectivity index (χ1) is 16.3. The van der Waals surface area contributed by atoms with Crippen LogP contribution in [-0.4, -0.2) is 47.7 Å². The second kappa shape index (κ2) is 9.79. The average Bonchev–Trinajstić information content (AvgIpc) is 3.09. The molecule has 0 radical (unpaired) electrons. The molecular weight excluding hydrogens is 446 g/mol. The number of ether oxygens (including phenoxy) is 1. The zero-order valence-electron chi connectivity index (χ0n) is 18.4. The third-order valence-electron chi connectivity index (χ3n) is 6.56. The van der Waals surface area contributed by atoms with Crippen molar-refractivity contribution >= 4 is 18.0 Å². The van der Waals surface area contributed by atoms with E-state index in [2.05, 4.69) is 10.6 Å². The van der Waals surface area contributed by atoms with Crippen molar-refractivity contribution in [2.45, 2.75) is 56.0 Å². The third kappa shape index (κ3) is 5.03. The van der Waals surface area contributed by atoms with Crippen LogP contribution in [0, 0.1) is 0 Å². The van der Waals surface area contributed by atoms with E-state index in [1.165, 1.54) is 0 Å². The Bertz CT molecular complexity index is 1040. The molecular formula is C25H26F2N2O5. The molecule has 1 saturated carbocycles. The monoisotopic (exact) mass is 472 g/mol. The quantitative estimate of drug-likeness (QED) is 0.511. The van der Waals surface area contributed by atoms with Crippen LogP contribution in [0.15, 0.2) is 48.5 Å². The summed E-state index contributed by atoms with van der Waals surface area (Å²) in [7, 11) is 0. The van der Waals surface area contributed by atoms with Gasteiger partial charge in [0, 0.05) is 5.92 Å². The van der Waals surface area contributed by atoms with E-state index in [9.17, 15) is 23.2 Å². The summed E-state index contributed by atoms with van der Waals surface area (Å²) < 4.78 is 32.4. The largest absolute Gasteiger partial charge is 0.481 e. The number of benzene rings is 2. The van der Waals surface area contributed by atoms with Gasteiger partial charge in [0.1, 0.15) is 12.6 Å². The Balaban J connectivity index is 1.35. The normalized spacial score (nSPS) is 16.7. The second-order valence-corrected chi connectivity index (χ2v) is 8.87. The summed E-state index contributed by atoms with van der Waals surface area (Å²) in [5.74, 6) is -2.02. The summed E-state index contributed by atoms with van der Waals surface area (Å²) in [4.78, 5) is 35.7. The van der Waals surface area contributed by atoms with E-state index >= 15 is 0 Å². The van der Waals surface area contributed by atoms with Gasteiger partial charge in [-0.15, -0.1) is 0 Å². The molecule has 2 aromatic carbocycles. The summed E-state index contributed by atoms with van der Waals surface area (Å²) in [6, 6.07) is 13.7. The van der Waals surface area contributed by atoms with Crippen LogP contribution in [0.1, 0.15) is 49.1 Å². The minimum Gasteiger partial charge on any atom is -0.481 e. The van der Waals surface area contributed by atoms with Crippen molar-refractivity contribution in [3.8, 4) is 11.1 Å². The molecule has 1 unspecified atom stereocenters. The van der Waals surface area contributed by atoms with E-state index in [1.54, 1.807) is 0 Å². The van der Waals surface area contributed by atoms with Gasteiger partial charge in [0.15, 0.2) is 0 Å². The lowest BCUT2D eigenvalue weighted by Crippen LogP contribution is -2.56. The lowest BCUT2D eigenvalue weighted by molar-refractivity contribution is -0.140. The molecule has 180 valence electrons. The number of hydrogen-bond donors (Lipinski definition) is 3. The highest BCUT2D eigenvalue weighted by molar-refractivity contribution is 5.81. The van der Waals surface area contributed by atoms with Gasteiger partial charge in [-0.3, -0.25) is 9.59 Å². The van der Waals surface area contributed by atoms with Crippen molar-refractivity contribution in [2.24, 2.45) is 0 Å². The van der Waals surface area contributed by atoms with E-state index in [0.717, 1.165) is 28.7 Å². The van der Waals surface area contributed by atoms with Gasteiger partial charge in [-0.2, -0.15) is 0 Å². The standard InChI is InChI=1S/C25H26F2N2O5/c26-23(27)20(12-21(30)29-25(10-5-11-25)13-22(31)32)28-24(33)34-14-19-17-8-3-1-6-15(17)16-7-2-4-9-18(16)19/h1-4,6-9,19-20,23H,5,10-14H2,(H,28,33)(H,29,30)(H,31,32). The maximum atomic E-state index is 13.5. The molecule has 0 saturated heterocycles. The van der Waals surface area contributed by atoms with Gasteiger partial charge in [-0.1, -0.05) is 48.5 Å². The first-order valence-corrected chi connectivity index (χ1v) is 11.2. The number of carbonyl (C=O) groups excluding carboxylic acids is 2. The summed E-state index contributed by atoms with van der Waals surface area (Å²) in [5.41, 5.74) is 3.16. The van der Waals surface area contributed by atoms with Gasteiger partial charge in [0.25, 0.3) is 6.43 Å². The van der Waals surface area contributed by atoms with Crippen molar-refractivity contribution < 1.29 is 33.0 Å². The molecule has 1 fully saturated rings. The fourth-order valence-electron chi connectivity index (χ4n) is 4.78. The highest BCUT2D eigenvalue weighted by atomic mass is 19.3. The fourth-order valence-corrected chi connectivity index (χ4v) is 4.78. The Labute approximate surface area is 195 Å². The van der Waals surface area contributed by atoms with E-state index in [1.807, 2.05) is 48.5 Å².